The van der Waals surface area contributed by atoms with Crippen molar-refractivity contribution >= 4 is 52.1 Å². The molecule has 0 aliphatic carbocycles. The molecule has 0 radical (unpaired) electrons. The van der Waals surface area contributed by atoms with Crippen LogP contribution >= 0.6 is 34.5 Å². The van der Waals surface area contributed by atoms with E-state index in [0.717, 1.165) is 5.56 Å². The molecule has 8 heteroatoms. The lowest BCUT2D eigenvalue weighted by molar-refractivity contribution is 0.0601. The van der Waals surface area contributed by atoms with Crippen molar-refractivity contribution in [2.45, 2.75) is 6.61 Å². The fraction of sp³-hybridized carbons (Fsp3) is 0.100. The van der Waals surface area contributed by atoms with Crippen LogP contribution in [0.1, 0.15) is 26.3 Å². The SMILES string of the molecule is COC(=O)c1cc(OCc2ccsc2)ccc1NC(=O)c1ccc(Cl)cc1Cl. The van der Waals surface area contributed by atoms with Gasteiger partial charge in [0.15, 0.2) is 0 Å². The number of halogens is 2. The molecule has 0 bridgehead atoms. The van der Waals surface area contributed by atoms with Gasteiger partial charge in [-0.3, -0.25) is 4.79 Å². The second-order valence-electron chi connectivity index (χ2n) is 5.70. The number of anilines is 1. The smallest absolute Gasteiger partial charge is 0.340 e. The summed E-state index contributed by atoms with van der Waals surface area (Å²) < 4.78 is 10.5. The molecule has 1 N–H and O–H groups in total. The first-order valence-corrected chi connectivity index (χ1v) is 9.80. The highest BCUT2D eigenvalue weighted by Gasteiger charge is 2.18. The summed E-state index contributed by atoms with van der Waals surface area (Å²) in [4.78, 5) is 24.7. The van der Waals surface area contributed by atoms with Gasteiger partial charge in [0.05, 0.1) is 28.9 Å². The van der Waals surface area contributed by atoms with E-state index in [4.69, 9.17) is 32.7 Å². The van der Waals surface area contributed by atoms with Gasteiger partial charge in [0, 0.05) is 5.02 Å². The Bertz CT molecular complexity index is 1010. The summed E-state index contributed by atoms with van der Waals surface area (Å²) in [6.45, 7) is 0.371. The summed E-state index contributed by atoms with van der Waals surface area (Å²) in [7, 11) is 1.27. The van der Waals surface area contributed by atoms with Crippen LogP contribution in [-0.4, -0.2) is 19.0 Å². The third-order valence-electron chi connectivity index (χ3n) is 3.81. The molecule has 1 heterocycles. The Labute approximate surface area is 175 Å². The first-order chi connectivity index (χ1) is 13.5. The minimum atomic E-state index is -0.599. The second-order valence-corrected chi connectivity index (χ2v) is 7.32. The number of hydrogen-bond donors (Lipinski definition) is 1. The number of carbonyl (C=O) groups excluding carboxylic acids is 2. The standard InChI is InChI=1S/C20H15Cl2NO4S/c1-26-20(25)16-9-14(27-10-12-6-7-28-11-12)3-5-18(16)23-19(24)15-4-2-13(21)8-17(15)22/h2-9,11H,10H2,1H3,(H,23,24). The van der Waals surface area contributed by atoms with Crippen molar-refractivity contribution in [3.63, 3.8) is 0 Å². The highest BCUT2D eigenvalue weighted by Crippen LogP contribution is 2.26. The number of rotatable bonds is 6. The number of benzene rings is 2. The number of ether oxygens (including phenoxy) is 2. The van der Waals surface area contributed by atoms with E-state index in [-0.39, 0.29) is 21.8 Å². The van der Waals surface area contributed by atoms with Crippen molar-refractivity contribution in [1.29, 1.82) is 0 Å². The Morgan fingerprint density at radius 2 is 1.89 bits per heavy atom. The molecule has 3 aromatic rings. The normalized spacial score (nSPS) is 10.4. The van der Waals surface area contributed by atoms with Gasteiger partial charge in [0.25, 0.3) is 5.91 Å². The van der Waals surface area contributed by atoms with Crippen LogP contribution in [0.4, 0.5) is 5.69 Å². The molecule has 1 aromatic heterocycles. The highest BCUT2D eigenvalue weighted by atomic mass is 35.5. The topological polar surface area (TPSA) is 64.6 Å². The molecular weight excluding hydrogens is 421 g/mol. The van der Waals surface area contributed by atoms with E-state index in [1.165, 1.54) is 25.3 Å². The Morgan fingerprint density at radius 1 is 1.07 bits per heavy atom. The lowest BCUT2D eigenvalue weighted by atomic mass is 10.1. The predicted octanol–water partition coefficient (Wildman–Crippen LogP) is 5.67. The number of amides is 1. The van der Waals surface area contributed by atoms with E-state index in [0.29, 0.717) is 17.4 Å². The van der Waals surface area contributed by atoms with Crippen LogP contribution in [0.25, 0.3) is 0 Å². The van der Waals surface area contributed by atoms with E-state index in [2.05, 4.69) is 5.32 Å². The van der Waals surface area contributed by atoms with Gasteiger partial charge in [-0.05, 0) is 58.8 Å². The summed E-state index contributed by atoms with van der Waals surface area (Å²) in [6, 6.07) is 11.3. The van der Waals surface area contributed by atoms with Gasteiger partial charge >= 0.3 is 5.97 Å². The van der Waals surface area contributed by atoms with Crippen molar-refractivity contribution in [3.8, 4) is 5.75 Å². The third-order valence-corrected chi connectivity index (χ3v) is 5.09. The van der Waals surface area contributed by atoms with Crippen LogP contribution in [0.3, 0.4) is 0 Å². The molecule has 0 spiro atoms. The fourth-order valence-corrected chi connectivity index (χ4v) is 3.55. The van der Waals surface area contributed by atoms with Gasteiger partial charge in [-0.2, -0.15) is 11.3 Å². The molecule has 0 unspecified atom stereocenters. The minimum absolute atomic E-state index is 0.170. The molecule has 28 heavy (non-hydrogen) atoms. The van der Waals surface area contributed by atoms with Crippen LogP contribution in [0, 0.1) is 0 Å². The zero-order valence-electron chi connectivity index (χ0n) is 14.7. The third kappa shape index (κ3) is 4.84. The van der Waals surface area contributed by atoms with Crippen molar-refractivity contribution in [3.05, 3.63) is 80.0 Å². The van der Waals surface area contributed by atoms with Crippen LogP contribution in [0.5, 0.6) is 5.75 Å². The van der Waals surface area contributed by atoms with Crippen molar-refractivity contribution in [2.75, 3.05) is 12.4 Å². The average molecular weight is 436 g/mol. The molecule has 5 nitrogen and oxygen atoms in total. The summed E-state index contributed by atoms with van der Waals surface area (Å²) in [5.74, 6) is -0.591. The maximum Gasteiger partial charge on any atom is 0.340 e. The molecule has 0 aliphatic heterocycles. The molecule has 1 amide bonds. The lowest BCUT2D eigenvalue weighted by Gasteiger charge is -2.13. The monoisotopic (exact) mass is 435 g/mol. The number of thiophene rings is 1. The zero-order valence-corrected chi connectivity index (χ0v) is 17.0. The average Bonchev–Trinajstić information content (AvgIpc) is 3.20. The molecule has 0 aliphatic rings. The number of nitrogens with one attached hydrogen (secondary N) is 1. The fourth-order valence-electron chi connectivity index (χ4n) is 2.41. The van der Waals surface area contributed by atoms with E-state index in [1.54, 1.807) is 29.5 Å². The quantitative estimate of drug-likeness (QED) is 0.506. The summed E-state index contributed by atoms with van der Waals surface area (Å²) in [5, 5.41) is 7.24. The Hall–Kier alpha value is -2.54. The molecule has 0 atom stereocenters. The first-order valence-electron chi connectivity index (χ1n) is 8.10. The van der Waals surface area contributed by atoms with Crippen molar-refractivity contribution < 1.29 is 19.1 Å². The molecule has 0 saturated carbocycles. The maximum absolute atomic E-state index is 12.6. The second kappa shape index (κ2) is 9.10. The van der Waals surface area contributed by atoms with Crippen LogP contribution in [0.2, 0.25) is 10.0 Å². The largest absolute Gasteiger partial charge is 0.489 e. The van der Waals surface area contributed by atoms with Crippen molar-refractivity contribution in [1.82, 2.24) is 0 Å². The van der Waals surface area contributed by atoms with Gasteiger partial charge in [0.1, 0.15) is 12.4 Å². The number of methoxy groups -OCH3 is 1. The summed E-state index contributed by atoms with van der Waals surface area (Å²) in [5.41, 5.74) is 1.72. The van der Waals surface area contributed by atoms with E-state index in [9.17, 15) is 9.59 Å². The van der Waals surface area contributed by atoms with E-state index in [1.807, 2.05) is 16.8 Å². The van der Waals surface area contributed by atoms with Gasteiger partial charge in [-0.1, -0.05) is 23.2 Å². The van der Waals surface area contributed by atoms with Crippen LogP contribution in [-0.2, 0) is 11.3 Å². The molecule has 0 saturated heterocycles. The number of carbonyl (C=O) groups is 2. The molecule has 144 valence electrons. The minimum Gasteiger partial charge on any atom is -0.489 e. The highest BCUT2D eigenvalue weighted by molar-refractivity contribution is 7.07. The van der Waals surface area contributed by atoms with Gasteiger partial charge in [-0.25, -0.2) is 4.79 Å². The summed E-state index contributed by atoms with van der Waals surface area (Å²) in [6.07, 6.45) is 0. The number of hydrogen-bond acceptors (Lipinski definition) is 5. The Morgan fingerprint density at radius 3 is 2.57 bits per heavy atom. The molecule has 0 fully saturated rings. The predicted molar refractivity (Wildman–Crippen MR) is 111 cm³/mol. The maximum atomic E-state index is 12.6. The van der Waals surface area contributed by atoms with Crippen LogP contribution < -0.4 is 10.1 Å². The molecule has 2 aromatic carbocycles. The Balaban J connectivity index is 1.82. The van der Waals surface area contributed by atoms with Crippen molar-refractivity contribution in [2.24, 2.45) is 0 Å². The molecular formula is C20H15Cl2NO4S. The Kier molecular flexibility index (Phi) is 6.57. The zero-order chi connectivity index (χ0) is 20.1. The van der Waals surface area contributed by atoms with Gasteiger partial charge in [0.2, 0.25) is 0 Å². The summed E-state index contributed by atoms with van der Waals surface area (Å²) >= 11 is 13.5. The lowest BCUT2D eigenvalue weighted by Crippen LogP contribution is -2.16. The van der Waals surface area contributed by atoms with E-state index < -0.39 is 11.9 Å². The van der Waals surface area contributed by atoms with Gasteiger partial charge < -0.3 is 14.8 Å². The van der Waals surface area contributed by atoms with Gasteiger partial charge in [-0.15, -0.1) is 0 Å². The molecule has 3 rings (SSSR count). The van der Waals surface area contributed by atoms with E-state index >= 15 is 0 Å². The number of esters is 1. The van der Waals surface area contributed by atoms with Crippen LogP contribution in [0.15, 0.2) is 53.2 Å². The first kappa shape index (κ1) is 20.2.